The van der Waals surface area contributed by atoms with Crippen molar-refractivity contribution in [1.82, 2.24) is 4.90 Å². The molecule has 1 aromatic carbocycles. The Hall–Kier alpha value is -2.16. The molecule has 1 aromatic heterocycles. The van der Waals surface area contributed by atoms with Crippen molar-refractivity contribution in [1.29, 1.82) is 0 Å². The van der Waals surface area contributed by atoms with E-state index in [4.69, 9.17) is 5.73 Å². The summed E-state index contributed by atoms with van der Waals surface area (Å²) < 4.78 is 1.84. The Kier molecular flexibility index (Phi) is 5.52. The highest BCUT2D eigenvalue weighted by Crippen LogP contribution is 2.40. The number of nitrogens with two attached hydrogens (primary N) is 1. The van der Waals surface area contributed by atoms with E-state index in [1.54, 1.807) is 11.8 Å². The van der Waals surface area contributed by atoms with Crippen LogP contribution in [-0.4, -0.2) is 39.2 Å². The highest BCUT2D eigenvalue weighted by atomic mass is 79.9. The number of nitrogens with zero attached hydrogens (tertiary/aromatic N) is 2. The van der Waals surface area contributed by atoms with Crippen LogP contribution in [0.25, 0.3) is 0 Å². The molecule has 1 fully saturated rings. The summed E-state index contributed by atoms with van der Waals surface area (Å²) in [5.41, 5.74) is 8.38. The maximum Gasteiger partial charge on any atom is 0.274 e. The number of hydrogen-bond acceptors (Lipinski definition) is 5. The van der Waals surface area contributed by atoms with Crippen molar-refractivity contribution in [3.63, 3.8) is 0 Å². The molecule has 1 unspecified atom stereocenters. The van der Waals surface area contributed by atoms with Crippen molar-refractivity contribution < 1.29 is 14.2 Å². The lowest BCUT2D eigenvalue weighted by Crippen LogP contribution is -2.68. The summed E-state index contributed by atoms with van der Waals surface area (Å²) in [4.78, 5) is 25.8. The maximum atomic E-state index is 12.2. The number of carbonyl (C=O) groups excluding carboxylic acids is 2. The van der Waals surface area contributed by atoms with Crippen LogP contribution in [0, 0.1) is 0 Å². The van der Waals surface area contributed by atoms with Crippen LogP contribution in [0.15, 0.2) is 66.0 Å². The van der Waals surface area contributed by atoms with Crippen molar-refractivity contribution >= 4 is 44.1 Å². The lowest BCUT2D eigenvalue weighted by molar-refractivity contribution is -0.674. The van der Waals surface area contributed by atoms with E-state index in [2.05, 4.69) is 37.9 Å². The van der Waals surface area contributed by atoms with E-state index in [9.17, 15) is 9.59 Å². The topological polar surface area (TPSA) is 79.3 Å². The number of carbonyl (C=O) groups is 2. The van der Waals surface area contributed by atoms with E-state index < -0.39 is 6.04 Å². The average Bonchev–Trinajstić information content (AvgIpc) is 2.72. The summed E-state index contributed by atoms with van der Waals surface area (Å²) in [5.74, 6) is 1.41. The smallest absolute Gasteiger partial charge is 0.274 e. The number of pyridine rings is 1. The third kappa shape index (κ3) is 3.59. The van der Waals surface area contributed by atoms with Gasteiger partial charge in [-0.1, -0.05) is 36.4 Å². The van der Waals surface area contributed by atoms with Gasteiger partial charge in [-0.25, -0.2) is 4.57 Å². The number of hydrogen-bond donors (Lipinski definition) is 2. The van der Waals surface area contributed by atoms with Gasteiger partial charge in [-0.3, -0.25) is 19.8 Å². The summed E-state index contributed by atoms with van der Waals surface area (Å²) in [5, 5.41) is 3.28. The van der Waals surface area contributed by atoms with Gasteiger partial charge in [0.15, 0.2) is 0 Å². The third-order valence-corrected chi connectivity index (χ3v) is 6.63. The quantitative estimate of drug-likeness (QED) is 0.391. The summed E-state index contributed by atoms with van der Waals surface area (Å²) >= 11 is 4.64. The van der Waals surface area contributed by atoms with Gasteiger partial charge in [0.25, 0.3) is 5.82 Å². The highest BCUT2D eigenvalue weighted by Gasteiger charge is 2.51. The molecule has 144 valence electrons. The minimum absolute atomic E-state index is 0.146. The van der Waals surface area contributed by atoms with Crippen molar-refractivity contribution in [2.24, 2.45) is 5.73 Å². The fourth-order valence-electron chi connectivity index (χ4n) is 3.45. The van der Waals surface area contributed by atoms with Crippen LogP contribution in [0.1, 0.15) is 5.56 Å². The predicted molar refractivity (Wildman–Crippen MR) is 113 cm³/mol. The number of allylic oxidation sites excluding steroid dienone is 1. The standard InChI is InChI=1S/C20H19BrN4O2S/c21-18(26)17-14(12-28-20-16(22)19(27)25(17)20)10-23-15-8-4-5-9-24(15)11-13-6-2-1-3-7-13/h1-9,16,20H,10-12,22H2/p+1/t16?,20-/m1/s1. The molecule has 3 heterocycles. The van der Waals surface area contributed by atoms with Crippen molar-refractivity contribution in [2.75, 3.05) is 17.6 Å². The van der Waals surface area contributed by atoms with Crippen LogP contribution in [0.4, 0.5) is 5.82 Å². The van der Waals surface area contributed by atoms with Crippen LogP contribution in [0.3, 0.4) is 0 Å². The van der Waals surface area contributed by atoms with Crippen molar-refractivity contribution in [2.45, 2.75) is 18.0 Å². The zero-order chi connectivity index (χ0) is 19.7. The second-order valence-electron chi connectivity index (χ2n) is 6.71. The molecular weight excluding hydrogens is 440 g/mol. The van der Waals surface area contributed by atoms with Gasteiger partial charge >= 0.3 is 0 Å². The Labute approximate surface area is 175 Å². The fourth-order valence-corrected chi connectivity index (χ4v) is 5.21. The molecule has 4 rings (SSSR count). The minimum atomic E-state index is -0.525. The molecule has 0 bridgehead atoms. The van der Waals surface area contributed by atoms with Crippen LogP contribution >= 0.6 is 27.7 Å². The van der Waals surface area contributed by atoms with Gasteiger partial charge in [-0.15, -0.1) is 11.8 Å². The first-order chi connectivity index (χ1) is 13.6. The molecule has 2 atom stereocenters. The molecule has 2 aliphatic heterocycles. The minimum Gasteiger partial charge on any atom is -0.317 e. The van der Waals surface area contributed by atoms with Crippen LogP contribution < -0.4 is 15.6 Å². The Bertz CT molecular complexity index is 950. The molecule has 28 heavy (non-hydrogen) atoms. The molecule has 1 amide bonds. The summed E-state index contributed by atoms with van der Waals surface area (Å²) in [6.45, 7) is 1.22. The number of β-lactam (4-membered cyclic amide) rings is 1. The highest BCUT2D eigenvalue weighted by molar-refractivity contribution is 9.18. The molecule has 8 heteroatoms. The normalized spacial score (nSPS) is 21.2. The first kappa shape index (κ1) is 19.2. The second kappa shape index (κ2) is 8.06. The van der Waals surface area contributed by atoms with Crippen LogP contribution in [0.2, 0.25) is 0 Å². The Morgan fingerprint density at radius 1 is 1.25 bits per heavy atom. The van der Waals surface area contributed by atoms with Crippen LogP contribution in [0.5, 0.6) is 0 Å². The van der Waals surface area contributed by atoms with Gasteiger partial charge < -0.3 is 5.73 Å². The Morgan fingerprint density at radius 2 is 2.00 bits per heavy atom. The number of rotatable bonds is 6. The molecule has 2 aliphatic rings. The van der Waals surface area contributed by atoms with E-state index in [1.807, 2.05) is 42.6 Å². The van der Waals surface area contributed by atoms with Gasteiger partial charge in [0.1, 0.15) is 30.2 Å². The number of anilines is 1. The number of aromatic nitrogens is 1. The van der Waals surface area contributed by atoms with E-state index >= 15 is 0 Å². The number of nitrogens with one attached hydrogen (secondary N) is 1. The number of thioether (sulfide) groups is 1. The lowest BCUT2D eigenvalue weighted by atomic mass is 10.0. The van der Waals surface area contributed by atoms with E-state index in [1.165, 1.54) is 10.5 Å². The van der Waals surface area contributed by atoms with E-state index in [-0.39, 0.29) is 16.0 Å². The monoisotopic (exact) mass is 459 g/mol. The maximum absolute atomic E-state index is 12.2. The molecule has 6 nitrogen and oxygen atoms in total. The van der Waals surface area contributed by atoms with Gasteiger partial charge in [-0.2, -0.15) is 0 Å². The molecule has 3 N–H and O–H groups in total. The molecule has 0 aliphatic carbocycles. The number of halogens is 1. The third-order valence-electron chi connectivity index (χ3n) is 4.89. The Balaban J connectivity index is 1.54. The number of fused-ring (bicyclic) bond motifs is 1. The van der Waals surface area contributed by atoms with Crippen molar-refractivity contribution in [3.05, 3.63) is 71.6 Å². The summed E-state index contributed by atoms with van der Waals surface area (Å²) in [6, 6.07) is 15.7. The predicted octanol–water partition coefficient (Wildman–Crippen LogP) is 1.85. The van der Waals surface area contributed by atoms with Gasteiger partial charge in [0.05, 0.1) is 6.20 Å². The zero-order valence-corrected chi connectivity index (χ0v) is 17.4. The largest absolute Gasteiger partial charge is 0.317 e. The summed E-state index contributed by atoms with van der Waals surface area (Å²) in [7, 11) is 0. The fraction of sp³-hybridized carbons (Fsp3) is 0.250. The van der Waals surface area contributed by atoms with Gasteiger partial charge in [-0.05, 0) is 27.6 Å². The first-order valence-corrected chi connectivity index (χ1v) is 10.8. The molecule has 0 saturated carbocycles. The number of amides is 1. The van der Waals surface area contributed by atoms with Crippen LogP contribution in [-0.2, 0) is 16.1 Å². The van der Waals surface area contributed by atoms with Gasteiger partial charge in [0, 0.05) is 17.4 Å². The molecule has 0 radical (unpaired) electrons. The SMILES string of the molecule is NC1C(=O)N2C(C(=O)Br)=C(CNc3cccc[n+]3Cc3ccccc3)CS[C@H]12. The summed E-state index contributed by atoms with van der Waals surface area (Å²) in [6.07, 6.45) is 2.02. The number of benzene rings is 1. The first-order valence-electron chi connectivity index (χ1n) is 8.94. The van der Waals surface area contributed by atoms with E-state index in [0.29, 0.717) is 18.0 Å². The molecule has 1 saturated heterocycles. The van der Waals surface area contributed by atoms with Gasteiger partial charge in [0.2, 0.25) is 10.6 Å². The lowest BCUT2D eigenvalue weighted by Gasteiger charge is -2.48. The second-order valence-corrected chi connectivity index (χ2v) is 8.54. The molecule has 2 aromatic rings. The average molecular weight is 460 g/mol. The molecule has 0 spiro atoms. The zero-order valence-electron chi connectivity index (χ0n) is 15.0. The van der Waals surface area contributed by atoms with E-state index in [0.717, 1.165) is 17.9 Å². The Morgan fingerprint density at radius 3 is 2.75 bits per heavy atom. The molecular formula is C20H20BrN4O2S+. The van der Waals surface area contributed by atoms with Crippen molar-refractivity contribution in [3.8, 4) is 0 Å².